The van der Waals surface area contributed by atoms with E-state index in [9.17, 15) is 17.2 Å². The average Bonchev–Trinajstić information content (AvgIpc) is 3.24. The van der Waals surface area contributed by atoms with Crippen LogP contribution < -0.4 is 14.5 Å². The fourth-order valence-corrected chi connectivity index (χ4v) is 5.92. The number of hydrogen-bond donors (Lipinski definition) is 1. The number of halogens is 2. The van der Waals surface area contributed by atoms with Gasteiger partial charge in [0.05, 0.1) is 36.8 Å². The second-order valence-electron chi connectivity index (χ2n) is 10.5. The first-order chi connectivity index (χ1) is 17.7. The van der Waals surface area contributed by atoms with Gasteiger partial charge in [0.15, 0.2) is 5.65 Å². The number of imidazole rings is 1. The Balaban J connectivity index is 1.35. The maximum absolute atomic E-state index is 13.4. The molecule has 3 aromatic rings. The predicted molar refractivity (Wildman–Crippen MR) is 134 cm³/mol. The van der Waals surface area contributed by atoms with Gasteiger partial charge in [-0.15, -0.1) is 0 Å². The number of nitrogens with one attached hydrogen (secondary N) is 1. The van der Waals surface area contributed by atoms with Crippen LogP contribution in [-0.2, 0) is 14.8 Å². The van der Waals surface area contributed by atoms with Crippen LogP contribution in [0.25, 0.3) is 16.9 Å². The third-order valence-corrected chi connectivity index (χ3v) is 8.06. The molecule has 6 heterocycles. The SMILES string of the molecule is CS(=O)(=O)NCC1CCCN(c2cc(-c3cnc4ccc(C(F)F)nn34)cc(N3CC4(COC4)C3)n2)C1. The number of aromatic nitrogens is 4. The number of hydrogen-bond acceptors (Lipinski definition) is 8. The molecule has 6 rings (SSSR count). The summed E-state index contributed by atoms with van der Waals surface area (Å²) in [6, 6.07) is 6.74. The minimum atomic E-state index is -3.27. The number of ether oxygens (including phenoxy) is 1. The van der Waals surface area contributed by atoms with Crippen molar-refractivity contribution in [1.82, 2.24) is 24.3 Å². The van der Waals surface area contributed by atoms with Gasteiger partial charge in [0.25, 0.3) is 6.43 Å². The zero-order valence-electron chi connectivity index (χ0n) is 20.5. The van der Waals surface area contributed by atoms with E-state index >= 15 is 0 Å². The van der Waals surface area contributed by atoms with Gasteiger partial charge in [-0.25, -0.2) is 36.4 Å². The summed E-state index contributed by atoms with van der Waals surface area (Å²) in [4.78, 5) is 13.7. The lowest BCUT2D eigenvalue weighted by atomic mass is 9.78. The van der Waals surface area contributed by atoms with Crippen LogP contribution in [0.2, 0.25) is 0 Å². The Bertz CT molecular complexity index is 1420. The number of piperidine rings is 1. The number of sulfonamides is 1. The standard InChI is InChI=1S/C24H29F2N7O3S/c1-37(34,35)28-9-16-3-2-6-31(11-16)21-7-17(8-22(29-21)32-12-24(13-32)14-36-15-24)19-10-27-20-5-4-18(23(25)26)30-33(19)20/h4-5,7-8,10,16,23,28H,2-3,6,9,11-15H2,1H3. The van der Waals surface area contributed by atoms with Gasteiger partial charge in [-0.05, 0) is 43.0 Å². The Morgan fingerprint density at radius 1 is 1.19 bits per heavy atom. The van der Waals surface area contributed by atoms with E-state index < -0.39 is 16.4 Å². The lowest BCUT2D eigenvalue weighted by molar-refractivity contribution is -0.127. The van der Waals surface area contributed by atoms with Crippen LogP contribution in [0.5, 0.6) is 0 Å². The molecule has 1 N–H and O–H groups in total. The van der Waals surface area contributed by atoms with E-state index in [2.05, 4.69) is 24.6 Å². The van der Waals surface area contributed by atoms with Gasteiger partial charge in [-0.2, -0.15) is 5.10 Å². The van der Waals surface area contributed by atoms with Crippen molar-refractivity contribution in [2.45, 2.75) is 19.3 Å². The highest BCUT2D eigenvalue weighted by molar-refractivity contribution is 7.88. The first-order valence-electron chi connectivity index (χ1n) is 12.4. The number of fused-ring (bicyclic) bond motifs is 1. The molecule has 3 aromatic heterocycles. The second-order valence-corrected chi connectivity index (χ2v) is 12.3. The Kier molecular flexibility index (Phi) is 6.03. The van der Waals surface area contributed by atoms with Crippen molar-refractivity contribution in [3.63, 3.8) is 0 Å². The van der Waals surface area contributed by atoms with Crippen molar-refractivity contribution >= 4 is 27.3 Å². The van der Waals surface area contributed by atoms with Gasteiger partial charge in [0.2, 0.25) is 10.0 Å². The smallest absolute Gasteiger partial charge is 0.282 e. The molecule has 37 heavy (non-hydrogen) atoms. The van der Waals surface area contributed by atoms with Crippen molar-refractivity contribution < 1.29 is 21.9 Å². The lowest BCUT2D eigenvalue weighted by Crippen LogP contribution is -2.66. The van der Waals surface area contributed by atoms with E-state index in [1.54, 1.807) is 12.3 Å². The van der Waals surface area contributed by atoms with E-state index in [1.165, 1.54) is 16.8 Å². The topological polar surface area (TPSA) is 105 Å². The Morgan fingerprint density at radius 2 is 1.95 bits per heavy atom. The van der Waals surface area contributed by atoms with Gasteiger partial charge >= 0.3 is 0 Å². The summed E-state index contributed by atoms with van der Waals surface area (Å²) in [7, 11) is -3.27. The van der Waals surface area contributed by atoms with Gasteiger partial charge in [-0.3, -0.25) is 0 Å². The first kappa shape index (κ1) is 24.4. The van der Waals surface area contributed by atoms with Crippen molar-refractivity contribution in [2.24, 2.45) is 11.3 Å². The number of pyridine rings is 1. The first-order valence-corrected chi connectivity index (χ1v) is 14.2. The molecule has 10 nitrogen and oxygen atoms in total. The van der Waals surface area contributed by atoms with E-state index in [0.29, 0.717) is 24.4 Å². The number of nitrogens with zero attached hydrogens (tertiary/aromatic N) is 6. The fourth-order valence-electron chi connectivity index (χ4n) is 5.38. The zero-order valence-corrected chi connectivity index (χ0v) is 21.3. The van der Waals surface area contributed by atoms with Crippen LogP contribution in [0, 0.1) is 11.3 Å². The molecule has 13 heteroatoms. The average molecular weight is 534 g/mol. The molecule has 0 saturated carbocycles. The molecule has 3 aliphatic heterocycles. The van der Waals surface area contributed by atoms with E-state index in [0.717, 1.165) is 62.9 Å². The highest BCUT2D eigenvalue weighted by Crippen LogP contribution is 2.41. The summed E-state index contributed by atoms with van der Waals surface area (Å²) < 4.78 is 59.5. The normalized spacial score (nSPS) is 21.5. The molecular weight excluding hydrogens is 504 g/mol. The van der Waals surface area contributed by atoms with Gasteiger partial charge in [0, 0.05) is 38.3 Å². The van der Waals surface area contributed by atoms with E-state index in [4.69, 9.17) is 9.72 Å². The molecule has 1 unspecified atom stereocenters. The highest BCUT2D eigenvalue weighted by Gasteiger charge is 2.49. The minimum absolute atomic E-state index is 0.155. The highest BCUT2D eigenvalue weighted by atomic mass is 32.2. The number of rotatable bonds is 7. The summed E-state index contributed by atoms with van der Waals surface area (Å²) in [6.07, 6.45) is 1.97. The molecular formula is C24H29F2N7O3S. The van der Waals surface area contributed by atoms with Gasteiger partial charge < -0.3 is 14.5 Å². The molecule has 1 spiro atoms. The van der Waals surface area contributed by atoms with Crippen molar-refractivity contribution in [3.05, 3.63) is 36.2 Å². The van der Waals surface area contributed by atoms with Crippen LogP contribution in [0.3, 0.4) is 0 Å². The summed E-state index contributed by atoms with van der Waals surface area (Å²) in [6.45, 7) is 5.05. The molecule has 0 bridgehead atoms. The summed E-state index contributed by atoms with van der Waals surface area (Å²) in [5, 5.41) is 4.14. The monoisotopic (exact) mass is 533 g/mol. The predicted octanol–water partition coefficient (Wildman–Crippen LogP) is 2.33. The van der Waals surface area contributed by atoms with Crippen LogP contribution in [0.1, 0.15) is 25.0 Å². The third-order valence-electron chi connectivity index (χ3n) is 7.37. The van der Waals surface area contributed by atoms with E-state index in [1.807, 2.05) is 12.1 Å². The molecule has 1 atom stereocenters. The third kappa shape index (κ3) is 4.87. The van der Waals surface area contributed by atoms with Gasteiger partial charge in [0.1, 0.15) is 17.3 Å². The molecule has 0 aromatic carbocycles. The zero-order chi connectivity index (χ0) is 25.8. The summed E-state index contributed by atoms with van der Waals surface area (Å²) in [5.74, 6) is 1.73. The molecule has 3 fully saturated rings. The lowest BCUT2D eigenvalue weighted by Gasteiger charge is -2.55. The largest absolute Gasteiger partial charge is 0.380 e. The van der Waals surface area contributed by atoms with Crippen LogP contribution in [0.4, 0.5) is 20.4 Å². The molecule has 0 amide bonds. The van der Waals surface area contributed by atoms with Crippen molar-refractivity contribution in [3.8, 4) is 11.3 Å². The maximum atomic E-state index is 13.4. The second kappa shape index (κ2) is 9.14. The Labute approximate surface area is 213 Å². The quantitative estimate of drug-likeness (QED) is 0.494. The molecule has 3 aliphatic rings. The molecule has 3 saturated heterocycles. The van der Waals surface area contributed by atoms with Crippen LogP contribution in [-0.4, -0.2) is 80.2 Å². The van der Waals surface area contributed by atoms with Crippen LogP contribution in [0.15, 0.2) is 30.5 Å². The molecule has 0 aliphatic carbocycles. The summed E-state index contributed by atoms with van der Waals surface area (Å²) in [5.41, 5.74) is 1.76. The van der Waals surface area contributed by atoms with Crippen LogP contribution >= 0.6 is 0 Å². The van der Waals surface area contributed by atoms with Crippen molar-refractivity contribution in [2.75, 3.05) is 62.0 Å². The van der Waals surface area contributed by atoms with Gasteiger partial charge in [-0.1, -0.05) is 0 Å². The molecule has 198 valence electrons. The Hall–Kier alpha value is -2.90. The Morgan fingerprint density at radius 3 is 2.62 bits per heavy atom. The minimum Gasteiger partial charge on any atom is -0.380 e. The summed E-state index contributed by atoms with van der Waals surface area (Å²) >= 11 is 0. The number of alkyl halides is 2. The van der Waals surface area contributed by atoms with E-state index in [-0.39, 0.29) is 17.0 Å². The maximum Gasteiger partial charge on any atom is 0.282 e. The molecule has 0 radical (unpaired) electrons. The fraction of sp³-hybridized carbons (Fsp3) is 0.542. The number of anilines is 2. The van der Waals surface area contributed by atoms with Crippen molar-refractivity contribution in [1.29, 1.82) is 0 Å².